The lowest BCUT2D eigenvalue weighted by molar-refractivity contribution is 0.0939. The van der Waals surface area contributed by atoms with Crippen molar-refractivity contribution in [2.24, 2.45) is 0 Å². The Morgan fingerprint density at radius 1 is 1.18 bits per heavy atom. The molecule has 7 heteroatoms. The molecule has 2 heterocycles. The number of nitrogens with one attached hydrogen (secondary N) is 1. The lowest BCUT2D eigenvalue weighted by atomic mass is 10.1. The first kappa shape index (κ1) is 20.2. The molecule has 1 fully saturated rings. The maximum absolute atomic E-state index is 13.3. The fourth-order valence-electron chi connectivity index (χ4n) is 3.19. The molecule has 1 amide bonds. The molecule has 1 atom stereocenters. The average molecular weight is 385 g/mol. The minimum absolute atomic E-state index is 0.0778. The number of anilines is 1. The monoisotopic (exact) mass is 385 g/mol. The summed E-state index contributed by atoms with van der Waals surface area (Å²) in [7, 11) is 0. The summed E-state index contributed by atoms with van der Waals surface area (Å²) in [4.78, 5) is 26.4. The smallest absolute Gasteiger partial charge is 0.256 e. The highest BCUT2D eigenvalue weighted by molar-refractivity contribution is 5.99. The van der Waals surface area contributed by atoms with E-state index in [2.05, 4.69) is 27.0 Å². The molecule has 1 saturated heterocycles. The summed E-state index contributed by atoms with van der Waals surface area (Å²) in [6.45, 7) is 10.6. The number of piperazine rings is 1. The standard InChI is InChI=1S/C21H28FN5O/c1-4-15(3)24-21(28)18-14-23-19(16-6-8-17(22)9-7-16)25-20(18)27-12-10-26(5-2)11-13-27/h6-9,14-15H,4-5,10-13H2,1-3H3,(H,24,28)/t15-/m1/s1. The fraction of sp³-hybridized carbons (Fsp3) is 0.476. The second-order valence-electron chi connectivity index (χ2n) is 7.14. The number of carbonyl (C=O) groups excluding carboxylic acids is 1. The van der Waals surface area contributed by atoms with E-state index in [1.54, 1.807) is 18.3 Å². The quantitative estimate of drug-likeness (QED) is 0.828. The largest absolute Gasteiger partial charge is 0.353 e. The van der Waals surface area contributed by atoms with E-state index in [9.17, 15) is 9.18 Å². The fourth-order valence-corrected chi connectivity index (χ4v) is 3.19. The van der Waals surface area contributed by atoms with Gasteiger partial charge in [0.15, 0.2) is 5.82 Å². The first-order valence-electron chi connectivity index (χ1n) is 9.93. The third-order valence-corrected chi connectivity index (χ3v) is 5.22. The zero-order valence-corrected chi connectivity index (χ0v) is 16.8. The van der Waals surface area contributed by atoms with Gasteiger partial charge in [0.05, 0.1) is 0 Å². The van der Waals surface area contributed by atoms with Crippen LogP contribution >= 0.6 is 0 Å². The molecule has 2 aromatic rings. The average Bonchev–Trinajstić information content (AvgIpc) is 2.73. The Balaban J connectivity index is 1.94. The molecule has 1 aromatic carbocycles. The molecule has 0 radical (unpaired) electrons. The Kier molecular flexibility index (Phi) is 6.57. The van der Waals surface area contributed by atoms with Gasteiger partial charge in [0, 0.05) is 44.0 Å². The number of rotatable bonds is 6. The highest BCUT2D eigenvalue weighted by atomic mass is 19.1. The van der Waals surface area contributed by atoms with Crippen molar-refractivity contribution in [1.29, 1.82) is 0 Å². The molecule has 0 aliphatic carbocycles. The molecule has 3 rings (SSSR count). The predicted molar refractivity (Wildman–Crippen MR) is 109 cm³/mol. The van der Waals surface area contributed by atoms with Gasteiger partial charge in [-0.05, 0) is 44.2 Å². The molecule has 0 unspecified atom stereocenters. The van der Waals surface area contributed by atoms with Gasteiger partial charge >= 0.3 is 0 Å². The van der Waals surface area contributed by atoms with E-state index in [4.69, 9.17) is 4.98 Å². The van der Waals surface area contributed by atoms with Crippen molar-refractivity contribution in [2.75, 3.05) is 37.6 Å². The van der Waals surface area contributed by atoms with Gasteiger partial charge in [-0.15, -0.1) is 0 Å². The number of likely N-dealkylation sites (N-methyl/N-ethyl adjacent to an activating group) is 1. The first-order valence-corrected chi connectivity index (χ1v) is 9.93. The van der Waals surface area contributed by atoms with E-state index in [1.165, 1.54) is 12.1 Å². The van der Waals surface area contributed by atoms with Crippen LogP contribution in [0.1, 0.15) is 37.6 Å². The maximum atomic E-state index is 13.3. The van der Waals surface area contributed by atoms with E-state index < -0.39 is 0 Å². The summed E-state index contributed by atoms with van der Waals surface area (Å²) in [5, 5.41) is 3.01. The van der Waals surface area contributed by atoms with E-state index in [1.807, 2.05) is 13.8 Å². The van der Waals surface area contributed by atoms with Crippen LogP contribution in [-0.4, -0.2) is 59.5 Å². The molecular formula is C21H28FN5O. The van der Waals surface area contributed by atoms with Crippen LogP contribution in [0, 0.1) is 5.82 Å². The third kappa shape index (κ3) is 4.65. The van der Waals surface area contributed by atoms with Crippen LogP contribution in [0.2, 0.25) is 0 Å². The summed E-state index contributed by atoms with van der Waals surface area (Å²) in [5.41, 5.74) is 1.21. The van der Waals surface area contributed by atoms with Crippen molar-refractivity contribution in [3.05, 3.63) is 41.8 Å². The second-order valence-corrected chi connectivity index (χ2v) is 7.14. The van der Waals surface area contributed by atoms with Gasteiger partial charge in [0.25, 0.3) is 5.91 Å². The lowest BCUT2D eigenvalue weighted by Gasteiger charge is -2.35. The van der Waals surface area contributed by atoms with Gasteiger partial charge in [-0.1, -0.05) is 13.8 Å². The maximum Gasteiger partial charge on any atom is 0.256 e. The summed E-state index contributed by atoms with van der Waals surface area (Å²) in [5.74, 6) is 0.677. The van der Waals surface area contributed by atoms with Gasteiger partial charge in [-0.3, -0.25) is 4.79 Å². The molecule has 0 bridgehead atoms. The molecule has 6 nitrogen and oxygen atoms in total. The summed E-state index contributed by atoms with van der Waals surface area (Å²) in [6.07, 6.45) is 2.44. The third-order valence-electron chi connectivity index (χ3n) is 5.22. The number of carbonyl (C=O) groups is 1. The van der Waals surface area contributed by atoms with Crippen molar-refractivity contribution in [3.8, 4) is 11.4 Å². The van der Waals surface area contributed by atoms with Crippen LogP contribution in [0.25, 0.3) is 11.4 Å². The molecule has 1 aromatic heterocycles. The highest BCUT2D eigenvalue weighted by Crippen LogP contribution is 2.24. The minimum atomic E-state index is -0.302. The van der Waals surface area contributed by atoms with Crippen molar-refractivity contribution in [1.82, 2.24) is 20.2 Å². The van der Waals surface area contributed by atoms with Gasteiger partial charge in [0.1, 0.15) is 17.2 Å². The van der Waals surface area contributed by atoms with Crippen LogP contribution in [0.4, 0.5) is 10.2 Å². The summed E-state index contributed by atoms with van der Waals surface area (Å²) in [6, 6.07) is 6.17. The molecule has 0 saturated carbocycles. The zero-order valence-electron chi connectivity index (χ0n) is 16.8. The Bertz CT molecular complexity index is 803. The van der Waals surface area contributed by atoms with Gasteiger partial charge < -0.3 is 15.1 Å². The molecule has 1 N–H and O–H groups in total. The SMILES string of the molecule is CC[C@@H](C)NC(=O)c1cnc(-c2ccc(F)cc2)nc1N1CCN(CC)CC1. The van der Waals surface area contributed by atoms with Gasteiger partial charge in [-0.25, -0.2) is 14.4 Å². The number of aromatic nitrogens is 2. The second kappa shape index (κ2) is 9.10. The molecular weight excluding hydrogens is 357 g/mol. The Labute approximate surface area is 165 Å². The van der Waals surface area contributed by atoms with Gasteiger partial charge in [0.2, 0.25) is 0 Å². The lowest BCUT2D eigenvalue weighted by Crippen LogP contribution is -2.47. The first-order chi connectivity index (χ1) is 13.5. The Morgan fingerprint density at radius 3 is 2.46 bits per heavy atom. The Hall–Kier alpha value is -2.54. The number of hydrogen-bond acceptors (Lipinski definition) is 5. The number of amides is 1. The minimum Gasteiger partial charge on any atom is -0.353 e. The molecule has 1 aliphatic rings. The van der Waals surface area contributed by atoms with Crippen LogP contribution < -0.4 is 10.2 Å². The molecule has 150 valence electrons. The van der Waals surface area contributed by atoms with Crippen molar-refractivity contribution >= 4 is 11.7 Å². The Morgan fingerprint density at radius 2 is 1.86 bits per heavy atom. The van der Waals surface area contributed by atoms with E-state index >= 15 is 0 Å². The number of hydrogen-bond donors (Lipinski definition) is 1. The molecule has 1 aliphatic heterocycles. The number of halogens is 1. The number of nitrogens with zero attached hydrogens (tertiary/aromatic N) is 4. The van der Waals surface area contributed by atoms with Gasteiger partial charge in [-0.2, -0.15) is 0 Å². The summed E-state index contributed by atoms with van der Waals surface area (Å²) < 4.78 is 13.3. The van der Waals surface area contributed by atoms with Crippen LogP contribution in [0.15, 0.2) is 30.5 Å². The zero-order chi connectivity index (χ0) is 20.1. The van der Waals surface area contributed by atoms with Crippen molar-refractivity contribution in [2.45, 2.75) is 33.2 Å². The molecule has 0 spiro atoms. The van der Waals surface area contributed by atoms with E-state index in [0.29, 0.717) is 17.2 Å². The number of benzene rings is 1. The normalized spacial score (nSPS) is 16.1. The van der Waals surface area contributed by atoms with Crippen LogP contribution in [0.5, 0.6) is 0 Å². The summed E-state index contributed by atoms with van der Waals surface area (Å²) >= 11 is 0. The van der Waals surface area contributed by atoms with Crippen molar-refractivity contribution < 1.29 is 9.18 Å². The van der Waals surface area contributed by atoms with E-state index in [0.717, 1.165) is 44.7 Å². The van der Waals surface area contributed by atoms with Crippen LogP contribution in [-0.2, 0) is 0 Å². The van der Waals surface area contributed by atoms with Crippen molar-refractivity contribution in [3.63, 3.8) is 0 Å². The van der Waals surface area contributed by atoms with E-state index in [-0.39, 0.29) is 17.8 Å². The van der Waals surface area contributed by atoms with Crippen LogP contribution in [0.3, 0.4) is 0 Å². The molecule has 28 heavy (non-hydrogen) atoms. The highest BCUT2D eigenvalue weighted by Gasteiger charge is 2.24. The predicted octanol–water partition coefficient (Wildman–Crippen LogP) is 2.95. The topological polar surface area (TPSA) is 61.4 Å².